The number of anilines is 2. The number of rotatable bonds is 5. The van der Waals surface area contributed by atoms with Crippen molar-refractivity contribution in [3.63, 3.8) is 0 Å². The van der Waals surface area contributed by atoms with Crippen LogP contribution in [0.2, 0.25) is 0 Å². The maximum absolute atomic E-state index is 11.9. The molecule has 2 bridgehead atoms. The van der Waals surface area contributed by atoms with Crippen molar-refractivity contribution >= 4 is 17.5 Å². The molecule has 0 radical (unpaired) electrons. The summed E-state index contributed by atoms with van der Waals surface area (Å²) < 4.78 is 11.3. The summed E-state index contributed by atoms with van der Waals surface area (Å²) in [5.74, 6) is 1.82. The average Bonchev–Trinajstić information content (AvgIpc) is 3.11. The van der Waals surface area contributed by atoms with E-state index in [1.54, 1.807) is 0 Å². The fourth-order valence-corrected chi connectivity index (χ4v) is 5.98. The van der Waals surface area contributed by atoms with E-state index in [0.717, 1.165) is 62.1 Å². The van der Waals surface area contributed by atoms with Gasteiger partial charge in [0.2, 0.25) is 0 Å². The molecule has 1 aromatic carbocycles. The lowest BCUT2D eigenvalue weighted by atomic mass is 9.94. The Morgan fingerprint density at radius 1 is 1.09 bits per heavy atom. The maximum Gasteiger partial charge on any atom is 0.319 e. The van der Waals surface area contributed by atoms with Crippen LogP contribution in [0.25, 0.3) is 11.4 Å². The van der Waals surface area contributed by atoms with Crippen molar-refractivity contribution in [3.05, 3.63) is 35.5 Å². The first-order chi connectivity index (χ1) is 17.1. The molecule has 9 nitrogen and oxygen atoms in total. The van der Waals surface area contributed by atoms with Crippen LogP contribution in [0, 0.1) is 0 Å². The molecule has 4 aliphatic rings. The Balaban J connectivity index is 1.38. The van der Waals surface area contributed by atoms with Gasteiger partial charge in [-0.05, 0) is 57.4 Å². The summed E-state index contributed by atoms with van der Waals surface area (Å²) in [6.45, 7) is 8.63. The Morgan fingerprint density at radius 3 is 2.63 bits per heavy atom. The molecule has 5 heterocycles. The fraction of sp³-hybridized carbons (Fsp3) is 0.577. The van der Waals surface area contributed by atoms with E-state index in [2.05, 4.69) is 27.4 Å². The van der Waals surface area contributed by atoms with Crippen molar-refractivity contribution in [2.45, 2.75) is 57.3 Å². The minimum Gasteiger partial charge on any atom is -0.378 e. The third-order valence-corrected chi connectivity index (χ3v) is 7.75. The van der Waals surface area contributed by atoms with E-state index in [-0.39, 0.29) is 12.1 Å². The summed E-state index contributed by atoms with van der Waals surface area (Å²) in [6, 6.07) is 9.26. The summed E-state index contributed by atoms with van der Waals surface area (Å²) in [7, 11) is 0. The van der Waals surface area contributed by atoms with E-state index in [4.69, 9.17) is 19.4 Å². The van der Waals surface area contributed by atoms with Gasteiger partial charge in [0.1, 0.15) is 5.82 Å². The van der Waals surface area contributed by atoms with Gasteiger partial charge in [-0.1, -0.05) is 0 Å². The highest BCUT2D eigenvalue weighted by molar-refractivity contribution is 5.89. The van der Waals surface area contributed by atoms with Gasteiger partial charge in [-0.3, -0.25) is 4.90 Å². The average molecular weight is 479 g/mol. The van der Waals surface area contributed by atoms with Crippen LogP contribution < -0.4 is 15.5 Å². The number of nitrogens with one attached hydrogen (secondary N) is 2. The lowest BCUT2D eigenvalue weighted by Crippen LogP contribution is -2.54. The van der Waals surface area contributed by atoms with Crippen molar-refractivity contribution in [3.8, 4) is 11.4 Å². The molecular formula is C26H34N6O3. The number of nitrogens with zero attached hydrogens (tertiary/aromatic N) is 4. The summed E-state index contributed by atoms with van der Waals surface area (Å²) in [4.78, 5) is 27.4. The number of fused-ring (bicyclic) bond motifs is 4. The molecule has 2 N–H and O–H groups in total. The smallest absolute Gasteiger partial charge is 0.319 e. The Labute approximate surface area is 206 Å². The highest BCUT2D eigenvalue weighted by atomic mass is 16.5. The van der Waals surface area contributed by atoms with E-state index in [1.165, 1.54) is 17.7 Å². The lowest BCUT2D eigenvalue weighted by molar-refractivity contribution is -0.0861. The summed E-state index contributed by atoms with van der Waals surface area (Å²) in [6.07, 6.45) is 3.33. The lowest BCUT2D eigenvalue weighted by Gasteiger charge is -2.45. The zero-order valence-electron chi connectivity index (χ0n) is 20.5. The largest absolute Gasteiger partial charge is 0.378 e. The van der Waals surface area contributed by atoms with E-state index in [1.807, 2.05) is 31.2 Å². The number of ether oxygens (including phenoxy) is 2. The van der Waals surface area contributed by atoms with Crippen LogP contribution in [0.4, 0.5) is 16.3 Å². The molecule has 3 fully saturated rings. The predicted molar refractivity (Wildman–Crippen MR) is 134 cm³/mol. The van der Waals surface area contributed by atoms with E-state index in [9.17, 15) is 4.79 Å². The van der Waals surface area contributed by atoms with Gasteiger partial charge < -0.3 is 25.0 Å². The highest BCUT2D eigenvalue weighted by Gasteiger charge is 2.47. The van der Waals surface area contributed by atoms with Crippen LogP contribution in [0.15, 0.2) is 24.3 Å². The molecule has 0 spiro atoms. The third kappa shape index (κ3) is 4.15. The number of amides is 2. The molecule has 2 aromatic rings. The molecule has 186 valence electrons. The summed E-state index contributed by atoms with van der Waals surface area (Å²) in [5, 5.41) is 5.62. The minimum atomic E-state index is -0.204. The second-order valence-electron chi connectivity index (χ2n) is 10.0. The number of benzene rings is 1. The van der Waals surface area contributed by atoms with Gasteiger partial charge in [0.25, 0.3) is 0 Å². The van der Waals surface area contributed by atoms with Gasteiger partial charge in [-0.15, -0.1) is 0 Å². The van der Waals surface area contributed by atoms with Crippen molar-refractivity contribution < 1.29 is 14.3 Å². The molecule has 2 amide bonds. The molecule has 9 heteroatoms. The molecular weight excluding hydrogens is 444 g/mol. The van der Waals surface area contributed by atoms with Gasteiger partial charge in [0.15, 0.2) is 5.82 Å². The number of hydrogen-bond donors (Lipinski definition) is 2. The Hall–Kier alpha value is -2.75. The highest BCUT2D eigenvalue weighted by Crippen LogP contribution is 2.47. The van der Waals surface area contributed by atoms with Crippen molar-refractivity contribution in [1.82, 2.24) is 20.2 Å². The van der Waals surface area contributed by atoms with E-state index < -0.39 is 0 Å². The van der Waals surface area contributed by atoms with Gasteiger partial charge in [0, 0.05) is 35.9 Å². The molecule has 0 unspecified atom stereocenters. The number of morpholine rings is 1. The zero-order chi connectivity index (χ0) is 23.9. The normalized spacial score (nSPS) is 26.2. The number of carbonyl (C=O) groups excluding carboxylic acids is 1. The van der Waals surface area contributed by atoms with Crippen LogP contribution in [0.1, 0.15) is 44.0 Å². The first kappa shape index (κ1) is 22.7. The van der Waals surface area contributed by atoms with Gasteiger partial charge >= 0.3 is 6.03 Å². The SMILES string of the molecule is CCNC(=O)Nc1ccc(-c2nc3c(c(N4CCOC[C@@H]4C)n2)C[C@@H]2CC[C@H]3N2C2COC2)cc1. The van der Waals surface area contributed by atoms with Crippen molar-refractivity contribution in [1.29, 1.82) is 0 Å². The Kier molecular flexibility index (Phi) is 6.07. The molecule has 3 atom stereocenters. The van der Waals surface area contributed by atoms with Crippen LogP contribution in [0.3, 0.4) is 0 Å². The van der Waals surface area contributed by atoms with Crippen molar-refractivity contribution in [2.24, 2.45) is 0 Å². The minimum absolute atomic E-state index is 0.204. The monoisotopic (exact) mass is 478 g/mol. The summed E-state index contributed by atoms with van der Waals surface area (Å²) >= 11 is 0. The molecule has 3 saturated heterocycles. The maximum atomic E-state index is 11.9. The van der Waals surface area contributed by atoms with Gasteiger partial charge in [0.05, 0.1) is 50.2 Å². The predicted octanol–water partition coefficient (Wildman–Crippen LogP) is 2.97. The second-order valence-corrected chi connectivity index (χ2v) is 10.0. The number of aromatic nitrogens is 2. The Morgan fingerprint density at radius 2 is 1.91 bits per heavy atom. The molecule has 4 aliphatic heterocycles. The first-order valence-electron chi connectivity index (χ1n) is 12.9. The molecule has 1 aromatic heterocycles. The van der Waals surface area contributed by atoms with Gasteiger partial charge in [-0.25, -0.2) is 14.8 Å². The summed E-state index contributed by atoms with van der Waals surface area (Å²) in [5.41, 5.74) is 4.21. The number of carbonyl (C=O) groups is 1. The third-order valence-electron chi connectivity index (χ3n) is 7.75. The zero-order valence-corrected chi connectivity index (χ0v) is 20.5. The molecule has 6 rings (SSSR count). The number of urea groups is 1. The van der Waals surface area contributed by atoms with Crippen LogP contribution in [0.5, 0.6) is 0 Å². The standard InChI is InChI=1S/C26H34N6O3/c1-3-27-26(33)28-18-6-4-17(5-7-18)24-29-23-21(25(30-24)31-10-11-34-13-16(31)2)12-19-8-9-22(23)32(19)20-14-35-15-20/h4-7,16,19-20,22H,3,8-15H2,1-2H3,(H2,27,28,33)/t16-,19-,22+/m0/s1. The van der Waals surface area contributed by atoms with Crippen LogP contribution >= 0.6 is 0 Å². The molecule has 0 saturated carbocycles. The second kappa shape index (κ2) is 9.37. The van der Waals surface area contributed by atoms with Crippen LogP contribution in [-0.4, -0.2) is 78.5 Å². The Bertz CT molecular complexity index is 1090. The first-order valence-corrected chi connectivity index (χ1v) is 12.9. The number of hydrogen-bond acceptors (Lipinski definition) is 7. The molecule has 0 aliphatic carbocycles. The molecule has 35 heavy (non-hydrogen) atoms. The van der Waals surface area contributed by atoms with Gasteiger partial charge in [-0.2, -0.15) is 0 Å². The topological polar surface area (TPSA) is 91.9 Å². The van der Waals surface area contributed by atoms with Crippen molar-refractivity contribution in [2.75, 3.05) is 49.7 Å². The van der Waals surface area contributed by atoms with E-state index >= 15 is 0 Å². The van der Waals surface area contributed by atoms with Crippen LogP contribution in [-0.2, 0) is 15.9 Å². The fourth-order valence-electron chi connectivity index (χ4n) is 5.98. The van der Waals surface area contributed by atoms with E-state index in [0.29, 0.717) is 31.3 Å². The quantitative estimate of drug-likeness (QED) is 0.683.